The minimum Gasteiger partial charge on any atom is -0.371 e. The molecule has 3 heteroatoms. The first-order chi connectivity index (χ1) is 9.83. The summed E-state index contributed by atoms with van der Waals surface area (Å²) >= 11 is 0. The van der Waals surface area contributed by atoms with Crippen molar-refractivity contribution in [3.05, 3.63) is 36.0 Å². The lowest BCUT2D eigenvalue weighted by Crippen LogP contribution is -2.34. The molecule has 2 N–H and O–H groups in total. The van der Waals surface area contributed by atoms with E-state index in [1.165, 1.54) is 35.9 Å². The molecule has 0 saturated carbocycles. The normalized spacial score (nSPS) is 16.8. The Morgan fingerprint density at radius 3 is 2.70 bits per heavy atom. The lowest BCUT2D eigenvalue weighted by atomic mass is 9.93. The maximum atomic E-state index is 5.94. The van der Waals surface area contributed by atoms with Crippen LogP contribution >= 0.6 is 0 Å². The molecule has 1 fully saturated rings. The topological polar surface area (TPSA) is 42.1 Å². The molecule has 3 rings (SSSR count). The number of rotatable bonds is 3. The molecule has 0 bridgehead atoms. The van der Waals surface area contributed by atoms with E-state index < -0.39 is 0 Å². The van der Waals surface area contributed by atoms with Crippen molar-refractivity contribution >= 4 is 16.6 Å². The van der Waals surface area contributed by atoms with Crippen molar-refractivity contribution in [3.8, 4) is 0 Å². The number of para-hydroxylation sites is 1. The van der Waals surface area contributed by atoms with E-state index in [-0.39, 0.29) is 0 Å². The number of aromatic nitrogens is 1. The maximum absolute atomic E-state index is 5.94. The number of pyridine rings is 1. The van der Waals surface area contributed by atoms with E-state index >= 15 is 0 Å². The fourth-order valence-electron chi connectivity index (χ4n) is 3.26. The van der Waals surface area contributed by atoms with Gasteiger partial charge in [0, 0.05) is 36.8 Å². The number of hydrogen-bond donors (Lipinski definition) is 1. The van der Waals surface area contributed by atoms with Crippen LogP contribution in [0.1, 0.15) is 31.7 Å². The molecular weight excluding hydrogens is 246 g/mol. The van der Waals surface area contributed by atoms with E-state index in [2.05, 4.69) is 35.0 Å². The minimum absolute atomic E-state index is 0.556. The van der Waals surface area contributed by atoms with Crippen LogP contribution in [0.2, 0.25) is 0 Å². The molecule has 0 spiro atoms. The highest BCUT2D eigenvalue weighted by atomic mass is 15.1. The number of fused-ring (bicyclic) bond motifs is 1. The van der Waals surface area contributed by atoms with Gasteiger partial charge in [-0.15, -0.1) is 0 Å². The van der Waals surface area contributed by atoms with Gasteiger partial charge in [-0.25, -0.2) is 0 Å². The Morgan fingerprint density at radius 1 is 1.25 bits per heavy atom. The highest BCUT2D eigenvalue weighted by Crippen LogP contribution is 2.33. The molecule has 20 heavy (non-hydrogen) atoms. The average molecular weight is 269 g/mol. The lowest BCUT2D eigenvalue weighted by molar-refractivity contribution is 0.395. The predicted octanol–water partition coefficient (Wildman–Crippen LogP) is 3.32. The summed E-state index contributed by atoms with van der Waals surface area (Å²) in [5.41, 5.74) is 9.48. The summed E-state index contributed by atoms with van der Waals surface area (Å²) in [7, 11) is 0. The summed E-state index contributed by atoms with van der Waals surface area (Å²) in [6, 6.07) is 8.39. The fraction of sp³-hybridized carbons (Fsp3) is 0.471. The first-order valence-corrected chi connectivity index (χ1v) is 7.65. The maximum Gasteiger partial charge on any atom is 0.0723 e. The van der Waals surface area contributed by atoms with Crippen molar-refractivity contribution in [2.24, 2.45) is 11.7 Å². The van der Waals surface area contributed by atoms with Gasteiger partial charge in [0.15, 0.2) is 0 Å². The molecule has 1 aromatic heterocycles. The summed E-state index contributed by atoms with van der Waals surface area (Å²) in [6.45, 7) is 5.13. The molecule has 106 valence electrons. The van der Waals surface area contributed by atoms with Crippen molar-refractivity contribution in [2.75, 3.05) is 18.0 Å². The first kappa shape index (κ1) is 13.4. The van der Waals surface area contributed by atoms with Crippen molar-refractivity contribution in [3.63, 3.8) is 0 Å². The molecule has 2 aromatic rings. The second-order valence-electron chi connectivity index (χ2n) is 5.69. The Hall–Kier alpha value is -1.61. The van der Waals surface area contributed by atoms with Crippen LogP contribution < -0.4 is 10.6 Å². The number of hydrogen-bond acceptors (Lipinski definition) is 3. The lowest BCUT2D eigenvalue weighted by Gasteiger charge is -2.35. The van der Waals surface area contributed by atoms with Gasteiger partial charge >= 0.3 is 0 Å². The third kappa shape index (κ3) is 2.38. The molecule has 0 atom stereocenters. The second kappa shape index (κ2) is 5.80. The molecule has 0 radical (unpaired) electrons. The third-order valence-corrected chi connectivity index (χ3v) is 4.55. The quantitative estimate of drug-likeness (QED) is 0.929. The first-order valence-electron chi connectivity index (χ1n) is 7.65. The summed E-state index contributed by atoms with van der Waals surface area (Å²) in [6.07, 6.45) is 5.83. The van der Waals surface area contributed by atoms with Crippen molar-refractivity contribution in [2.45, 2.75) is 32.7 Å². The van der Waals surface area contributed by atoms with Gasteiger partial charge in [-0.1, -0.05) is 31.5 Å². The highest BCUT2D eigenvalue weighted by Gasteiger charge is 2.21. The van der Waals surface area contributed by atoms with Gasteiger partial charge in [0.25, 0.3) is 0 Å². The molecule has 0 unspecified atom stereocenters. The Morgan fingerprint density at radius 2 is 2.00 bits per heavy atom. The second-order valence-corrected chi connectivity index (χ2v) is 5.69. The van der Waals surface area contributed by atoms with Crippen LogP contribution in [0, 0.1) is 5.92 Å². The van der Waals surface area contributed by atoms with Crippen LogP contribution in [0.25, 0.3) is 10.9 Å². The van der Waals surface area contributed by atoms with Gasteiger partial charge in [-0.2, -0.15) is 0 Å². The summed E-state index contributed by atoms with van der Waals surface area (Å²) in [5.74, 6) is 0.890. The van der Waals surface area contributed by atoms with Crippen LogP contribution in [0.15, 0.2) is 30.5 Å². The number of piperidine rings is 1. The largest absolute Gasteiger partial charge is 0.371 e. The Kier molecular flexibility index (Phi) is 3.88. The molecule has 1 aromatic carbocycles. The van der Waals surface area contributed by atoms with Crippen molar-refractivity contribution in [1.29, 1.82) is 0 Å². The summed E-state index contributed by atoms with van der Waals surface area (Å²) < 4.78 is 0. The van der Waals surface area contributed by atoms with Crippen LogP contribution in [-0.2, 0) is 6.54 Å². The molecule has 0 amide bonds. The molecule has 3 nitrogen and oxygen atoms in total. The smallest absolute Gasteiger partial charge is 0.0723 e. The van der Waals surface area contributed by atoms with E-state index in [4.69, 9.17) is 5.73 Å². The molecule has 0 aliphatic carbocycles. The predicted molar refractivity (Wildman–Crippen MR) is 84.9 cm³/mol. The SMILES string of the molecule is CCC1CCN(c2c(CN)cnc3ccccc23)CC1. The third-order valence-electron chi connectivity index (χ3n) is 4.55. The van der Waals surface area contributed by atoms with Gasteiger partial charge in [-0.05, 0) is 24.8 Å². The van der Waals surface area contributed by atoms with Crippen LogP contribution in [0.5, 0.6) is 0 Å². The molecule has 2 heterocycles. The van der Waals surface area contributed by atoms with E-state index in [9.17, 15) is 0 Å². The van der Waals surface area contributed by atoms with Crippen LogP contribution in [0.3, 0.4) is 0 Å². The van der Waals surface area contributed by atoms with E-state index in [1.807, 2.05) is 12.3 Å². The number of nitrogens with two attached hydrogens (primary N) is 1. The van der Waals surface area contributed by atoms with Gasteiger partial charge in [0.05, 0.1) is 11.2 Å². The van der Waals surface area contributed by atoms with Gasteiger partial charge < -0.3 is 10.6 Å². The number of nitrogens with zero attached hydrogens (tertiary/aromatic N) is 2. The fourth-order valence-corrected chi connectivity index (χ4v) is 3.26. The summed E-state index contributed by atoms with van der Waals surface area (Å²) in [4.78, 5) is 7.04. The Bertz CT molecular complexity index is 586. The monoisotopic (exact) mass is 269 g/mol. The minimum atomic E-state index is 0.556. The molecular formula is C17H23N3. The van der Waals surface area contributed by atoms with Crippen molar-refractivity contribution in [1.82, 2.24) is 4.98 Å². The number of benzene rings is 1. The van der Waals surface area contributed by atoms with E-state index in [1.54, 1.807) is 0 Å². The molecule has 1 saturated heterocycles. The standard InChI is InChI=1S/C17H23N3/c1-2-13-7-9-20(10-8-13)17-14(11-18)12-19-16-6-4-3-5-15(16)17/h3-6,12-13H,2,7-11,18H2,1H3. The average Bonchev–Trinajstić information content (AvgIpc) is 2.54. The van der Waals surface area contributed by atoms with E-state index in [0.29, 0.717) is 6.54 Å². The zero-order valence-corrected chi connectivity index (χ0v) is 12.2. The van der Waals surface area contributed by atoms with Gasteiger partial charge in [0.1, 0.15) is 0 Å². The zero-order chi connectivity index (χ0) is 13.9. The Labute approximate surface area is 120 Å². The zero-order valence-electron chi connectivity index (χ0n) is 12.2. The highest BCUT2D eigenvalue weighted by molar-refractivity contribution is 5.93. The van der Waals surface area contributed by atoms with Crippen LogP contribution in [-0.4, -0.2) is 18.1 Å². The van der Waals surface area contributed by atoms with Crippen LogP contribution in [0.4, 0.5) is 5.69 Å². The molecule has 1 aliphatic rings. The molecule has 1 aliphatic heterocycles. The van der Waals surface area contributed by atoms with Gasteiger partial charge in [-0.3, -0.25) is 4.98 Å². The number of anilines is 1. The Balaban J connectivity index is 2.01. The van der Waals surface area contributed by atoms with Crippen molar-refractivity contribution < 1.29 is 0 Å². The van der Waals surface area contributed by atoms with E-state index in [0.717, 1.165) is 24.5 Å². The van der Waals surface area contributed by atoms with Gasteiger partial charge in [0.2, 0.25) is 0 Å². The summed E-state index contributed by atoms with van der Waals surface area (Å²) in [5, 5.41) is 1.24.